The third-order valence-electron chi connectivity index (χ3n) is 1.99. The van der Waals surface area contributed by atoms with Gasteiger partial charge in [-0.3, -0.25) is 8.37 Å². The topological polar surface area (TPSA) is 44.8 Å². The molecule has 1 aromatic rings. The van der Waals surface area contributed by atoms with E-state index in [2.05, 4.69) is 0 Å². The lowest BCUT2D eigenvalue weighted by Crippen LogP contribution is -2.19. The molecule has 15 heavy (non-hydrogen) atoms. The van der Waals surface area contributed by atoms with Crippen LogP contribution in [0.5, 0.6) is 5.75 Å². The molecule has 0 bridgehead atoms. The minimum atomic E-state index is -1.60. The SMILES string of the molecule is Cc1cccc(OC[C@H]2CO[S@@](=O)O2)c1. The molecule has 2 atom stereocenters. The maximum absolute atomic E-state index is 10.7. The molecule has 0 N–H and O–H groups in total. The van der Waals surface area contributed by atoms with Crippen molar-refractivity contribution >= 4 is 11.4 Å². The summed E-state index contributed by atoms with van der Waals surface area (Å²) in [4.78, 5) is 0. The average molecular weight is 228 g/mol. The Balaban J connectivity index is 1.85. The van der Waals surface area contributed by atoms with Gasteiger partial charge in [0.1, 0.15) is 18.5 Å². The average Bonchev–Trinajstić information content (AvgIpc) is 2.62. The molecule has 0 amide bonds. The van der Waals surface area contributed by atoms with Gasteiger partial charge in [0.2, 0.25) is 0 Å². The molecule has 2 rings (SSSR count). The summed E-state index contributed by atoms with van der Waals surface area (Å²) in [6, 6.07) is 7.73. The molecule has 0 saturated carbocycles. The number of hydrogen-bond donors (Lipinski definition) is 0. The lowest BCUT2D eigenvalue weighted by molar-refractivity contribution is 0.151. The number of hydrogen-bond acceptors (Lipinski definition) is 4. The lowest BCUT2D eigenvalue weighted by Gasteiger charge is -2.09. The van der Waals surface area contributed by atoms with Crippen LogP contribution in [0.15, 0.2) is 24.3 Å². The fourth-order valence-electron chi connectivity index (χ4n) is 1.27. The maximum atomic E-state index is 10.7. The highest BCUT2D eigenvalue weighted by atomic mass is 32.2. The van der Waals surface area contributed by atoms with E-state index in [1.165, 1.54) is 0 Å². The molecular weight excluding hydrogens is 216 g/mol. The first kappa shape index (κ1) is 10.6. The summed E-state index contributed by atoms with van der Waals surface area (Å²) in [6.45, 7) is 2.67. The largest absolute Gasteiger partial charge is 0.491 e. The van der Waals surface area contributed by atoms with Crippen LogP contribution >= 0.6 is 0 Å². The molecule has 1 aromatic carbocycles. The number of benzene rings is 1. The van der Waals surface area contributed by atoms with Crippen LogP contribution in [-0.4, -0.2) is 23.5 Å². The van der Waals surface area contributed by atoms with Crippen LogP contribution in [0.1, 0.15) is 5.56 Å². The lowest BCUT2D eigenvalue weighted by atomic mass is 10.2. The zero-order valence-corrected chi connectivity index (χ0v) is 9.16. The van der Waals surface area contributed by atoms with Crippen LogP contribution in [0.25, 0.3) is 0 Å². The first-order valence-corrected chi connectivity index (χ1v) is 5.66. The second kappa shape index (κ2) is 4.74. The first-order chi connectivity index (χ1) is 7.24. The van der Waals surface area contributed by atoms with Gasteiger partial charge in [0.15, 0.2) is 0 Å². The number of rotatable bonds is 3. The van der Waals surface area contributed by atoms with Crippen molar-refractivity contribution in [2.75, 3.05) is 13.2 Å². The molecule has 0 radical (unpaired) electrons. The van der Waals surface area contributed by atoms with E-state index in [0.29, 0.717) is 13.2 Å². The maximum Gasteiger partial charge on any atom is 0.305 e. The van der Waals surface area contributed by atoms with Gasteiger partial charge in [-0.05, 0) is 24.6 Å². The third-order valence-corrected chi connectivity index (χ3v) is 2.75. The molecule has 0 unspecified atom stereocenters. The van der Waals surface area contributed by atoms with Crippen molar-refractivity contribution in [3.63, 3.8) is 0 Å². The fraction of sp³-hybridized carbons (Fsp3) is 0.400. The highest BCUT2D eigenvalue weighted by molar-refractivity contribution is 7.75. The van der Waals surface area contributed by atoms with Crippen LogP contribution in [0.3, 0.4) is 0 Å². The van der Waals surface area contributed by atoms with Crippen molar-refractivity contribution in [2.24, 2.45) is 0 Å². The van der Waals surface area contributed by atoms with Crippen molar-refractivity contribution in [3.8, 4) is 5.75 Å². The standard InChI is InChI=1S/C10H12O4S/c1-8-3-2-4-9(5-8)12-6-10-7-13-15(11)14-10/h2-5,10H,6-7H2,1H3/t10-,15+/m0/s1. The molecule has 1 fully saturated rings. The molecule has 4 nitrogen and oxygen atoms in total. The van der Waals surface area contributed by atoms with Crippen molar-refractivity contribution in [1.82, 2.24) is 0 Å². The summed E-state index contributed by atoms with van der Waals surface area (Å²) < 4.78 is 25.9. The summed E-state index contributed by atoms with van der Waals surface area (Å²) in [7, 11) is 0. The van der Waals surface area contributed by atoms with E-state index in [0.717, 1.165) is 11.3 Å². The Labute approximate surface area is 91.0 Å². The van der Waals surface area contributed by atoms with E-state index in [4.69, 9.17) is 13.1 Å². The Morgan fingerprint density at radius 2 is 2.47 bits per heavy atom. The Morgan fingerprint density at radius 1 is 1.60 bits per heavy atom. The fourth-order valence-corrected chi connectivity index (χ4v) is 1.92. The van der Waals surface area contributed by atoms with E-state index >= 15 is 0 Å². The van der Waals surface area contributed by atoms with Crippen molar-refractivity contribution in [2.45, 2.75) is 13.0 Å². The van der Waals surface area contributed by atoms with Gasteiger partial charge < -0.3 is 4.74 Å². The summed E-state index contributed by atoms with van der Waals surface area (Å²) >= 11 is -1.60. The highest BCUT2D eigenvalue weighted by Gasteiger charge is 2.23. The zero-order valence-electron chi connectivity index (χ0n) is 8.34. The second-order valence-electron chi connectivity index (χ2n) is 3.33. The Morgan fingerprint density at radius 3 is 3.13 bits per heavy atom. The van der Waals surface area contributed by atoms with Crippen LogP contribution in [0.2, 0.25) is 0 Å². The zero-order chi connectivity index (χ0) is 10.7. The van der Waals surface area contributed by atoms with E-state index in [1.54, 1.807) is 0 Å². The Hall–Kier alpha value is -0.910. The Kier molecular flexibility index (Phi) is 3.35. The van der Waals surface area contributed by atoms with E-state index < -0.39 is 11.4 Å². The molecule has 1 aliphatic heterocycles. The monoisotopic (exact) mass is 228 g/mol. The summed E-state index contributed by atoms with van der Waals surface area (Å²) in [6.07, 6.45) is -0.244. The predicted octanol–water partition coefficient (Wildman–Crippen LogP) is 1.37. The van der Waals surface area contributed by atoms with Gasteiger partial charge in [-0.25, -0.2) is 0 Å². The van der Waals surface area contributed by atoms with Gasteiger partial charge >= 0.3 is 11.4 Å². The highest BCUT2D eigenvalue weighted by Crippen LogP contribution is 2.15. The molecule has 1 saturated heterocycles. The van der Waals surface area contributed by atoms with E-state index in [-0.39, 0.29) is 6.10 Å². The molecule has 1 heterocycles. The number of ether oxygens (including phenoxy) is 1. The molecular formula is C10H12O4S. The smallest absolute Gasteiger partial charge is 0.305 e. The van der Waals surface area contributed by atoms with Gasteiger partial charge in [0.05, 0.1) is 6.61 Å². The van der Waals surface area contributed by atoms with Gasteiger partial charge in [-0.1, -0.05) is 12.1 Å². The van der Waals surface area contributed by atoms with Crippen LogP contribution in [0.4, 0.5) is 0 Å². The van der Waals surface area contributed by atoms with Crippen LogP contribution in [0, 0.1) is 6.92 Å². The molecule has 0 spiro atoms. The van der Waals surface area contributed by atoms with Crippen LogP contribution in [-0.2, 0) is 19.7 Å². The van der Waals surface area contributed by atoms with E-state index in [9.17, 15) is 4.21 Å². The van der Waals surface area contributed by atoms with Gasteiger partial charge in [0.25, 0.3) is 0 Å². The van der Waals surface area contributed by atoms with E-state index in [1.807, 2.05) is 31.2 Å². The van der Waals surface area contributed by atoms with Gasteiger partial charge in [0, 0.05) is 0 Å². The van der Waals surface area contributed by atoms with Crippen molar-refractivity contribution in [3.05, 3.63) is 29.8 Å². The molecule has 0 aromatic heterocycles. The van der Waals surface area contributed by atoms with Crippen molar-refractivity contribution in [1.29, 1.82) is 0 Å². The quantitative estimate of drug-likeness (QED) is 0.783. The molecule has 1 aliphatic rings. The summed E-state index contributed by atoms with van der Waals surface area (Å²) in [5.74, 6) is 0.788. The molecule has 5 heteroatoms. The minimum absolute atomic E-state index is 0.244. The van der Waals surface area contributed by atoms with Crippen LogP contribution < -0.4 is 4.74 Å². The summed E-state index contributed by atoms with van der Waals surface area (Å²) in [5, 5.41) is 0. The molecule has 0 aliphatic carbocycles. The first-order valence-electron chi connectivity index (χ1n) is 4.66. The second-order valence-corrected chi connectivity index (χ2v) is 4.17. The Bertz CT molecular complexity index is 366. The predicted molar refractivity (Wildman–Crippen MR) is 55.6 cm³/mol. The van der Waals surface area contributed by atoms with Crippen molar-refractivity contribution < 1.29 is 17.3 Å². The molecule has 82 valence electrons. The third kappa shape index (κ3) is 3.02. The minimum Gasteiger partial charge on any atom is -0.491 e. The van der Waals surface area contributed by atoms with Gasteiger partial charge in [-0.15, -0.1) is 0 Å². The van der Waals surface area contributed by atoms with Gasteiger partial charge in [-0.2, -0.15) is 4.21 Å². The normalized spacial score (nSPS) is 25.4. The number of aryl methyl sites for hydroxylation is 1. The summed E-state index contributed by atoms with van der Waals surface area (Å²) in [5.41, 5.74) is 1.14.